The summed E-state index contributed by atoms with van der Waals surface area (Å²) in [6.45, 7) is 3.64. The zero-order valence-corrected chi connectivity index (χ0v) is 12.2. The number of hydrogen-bond donors (Lipinski definition) is 3. The third-order valence-electron chi connectivity index (χ3n) is 4.04. The van der Waals surface area contributed by atoms with Crippen LogP contribution in [0.3, 0.4) is 0 Å². The minimum absolute atomic E-state index is 0.193. The third kappa shape index (κ3) is 2.33. The summed E-state index contributed by atoms with van der Waals surface area (Å²) in [6, 6.07) is 1.60. The molecule has 112 valence electrons. The summed E-state index contributed by atoms with van der Waals surface area (Å²) in [5, 5.41) is 10.4. The van der Waals surface area contributed by atoms with Gasteiger partial charge in [0.25, 0.3) is 11.5 Å². The Morgan fingerprint density at radius 3 is 2.81 bits per heavy atom. The Morgan fingerprint density at radius 2 is 2.14 bits per heavy atom. The number of rotatable bonds is 2. The number of aromatic amines is 1. The van der Waals surface area contributed by atoms with Crippen LogP contribution >= 0.6 is 0 Å². The van der Waals surface area contributed by atoms with E-state index in [0.29, 0.717) is 16.9 Å². The average Bonchev–Trinajstić information content (AvgIpc) is 2.82. The lowest BCUT2D eigenvalue weighted by atomic mass is 9.94. The summed E-state index contributed by atoms with van der Waals surface area (Å²) in [4.78, 5) is 26.7. The van der Waals surface area contributed by atoms with Crippen molar-refractivity contribution in [3.63, 3.8) is 0 Å². The molecule has 2 aromatic rings. The SMILES string of the molecule is CNC(=O)c1c(C)nn2c(C3CCNCC3)cc(=O)[nH]c12. The maximum Gasteiger partial charge on any atom is 0.256 e. The van der Waals surface area contributed by atoms with Crippen molar-refractivity contribution in [1.29, 1.82) is 0 Å². The van der Waals surface area contributed by atoms with E-state index in [2.05, 4.69) is 20.7 Å². The number of carbonyl (C=O) groups is 1. The van der Waals surface area contributed by atoms with Crippen LogP contribution in [0, 0.1) is 6.92 Å². The molecular formula is C14H19N5O2. The van der Waals surface area contributed by atoms with Crippen LogP contribution in [0.15, 0.2) is 10.9 Å². The zero-order valence-electron chi connectivity index (χ0n) is 12.2. The van der Waals surface area contributed by atoms with E-state index in [9.17, 15) is 9.59 Å². The molecule has 0 spiro atoms. The molecule has 0 radical (unpaired) electrons. The molecule has 7 nitrogen and oxygen atoms in total. The summed E-state index contributed by atoms with van der Waals surface area (Å²) >= 11 is 0. The van der Waals surface area contributed by atoms with Crippen LogP contribution in [0.4, 0.5) is 0 Å². The first kappa shape index (κ1) is 13.8. The summed E-state index contributed by atoms with van der Waals surface area (Å²) in [6.07, 6.45) is 1.93. The van der Waals surface area contributed by atoms with Gasteiger partial charge in [-0.2, -0.15) is 5.10 Å². The smallest absolute Gasteiger partial charge is 0.256 e. The molecule has 2 aromatic heterocycles. The van der Waals surface area contributed by atoms with Crippen molar-refractivity contribution in [2.45, 2.75) is 25.7 Å². The van der Waals surface area contributed by atoms with Crippen molar-refractivity contribution < 1.29 is 4.79 Å². The van der Waals surface area contributed by atoms with Crippen molar-refractivity contribution in [2.24, 2.45) is 0 Å². The molecule has 0 atom stereocenters. The number of carbonyl (C=O) groups excluding carboxylic acids is 1. The van der Waals surface area contributed by atoms with Gasteiger partial charge in [0.2, 0.25) is 0 Å². The first-order valence-electron chi connectivity index (χ1n) is 7.17. The predicted molar refractivity (Wildman–Crippen MR) is 78.8 cm³/mol. The largest absolute Gasteiger partial charge is 0.355 e. The minimum Gasteiger partial charge on any atom is -0.355 e. The Kier molecular flexibility index (Phi) is 3.50. The lowest BCUT2D eigenvalue weighted by Crippen LogP contribution is -2.28. The summed E-state index contributed by atoms with van der Waals surface area (Å²) in [5.74, 6) is 0.0495. The van der Waals surface area contributed by atoms with Crippen LogP contribution in [0.25, 0.3) is 5.65 Å². The normalized spacial score (nSPS) is 16.3. The Balaban J connectivity index is 2.22. The molecule has 3 heterocycles. The molecular weight excluding hydrogens is 270 g/mol. The van der Waals surface area contributed by atoms with E-state index in [1.165, 1.54) is 0 Å². The Hall–Kier alpha value is -2.15. The van der Waals surface area contributed by atoms with E-state index < -0.39 is 0 Å². The predicted octanol–water partition coefficient (Wildman–Crippen LogP) is 0.158. The number of fused-ring (bicyclic) bond motifs is 1. The van der Waals surface area contributed by atoms with Crippen molar-refractivity contribution in [1.82, 2.24) is 25.2 Å². The molecule has 3 rings (SSSR count). The van der Waals surface area contributed by atoms with E-state index in [4.69, 9.17) is 0 Å². The van der Waals surface area contributed by atoms with E-state index >= 15 is 0 Å². The van der Waals surface area contributed by atoms with Gasteiger partial charge in [0.15, 0.2) is 0 Å². The number of hydrogen-bond acceptors (Lipinski definition) is 4. The average molecular weight is 289 g/mol. The molecule has 1 amide bonds. The molecule has 1 aliphatic rings. The number of piperidine rings is 1. The highest BCUT2D eigenvalue weighted by molar-refractivity contribution is 6.00. The molecule has 7 heteroatoms. The Bertz CT molecular complexity index is 740. The molecule has 0 saturated carbocycles. The van der Waals surface area contributed by atoms with Crippen molar-refractivity contribution in [2.75, 3.05) is 20.1 Å². The highest BCUT2D eigenvalue weighted by Gasteiger charge is 2.23. The van der Waals surface area contributed by atoms with Crippen molar-refractivity contribution in [3.8, 4) is 0 Å². The molecule has 21 heavy (non-hydrogen) atoms. The van der Waals surface area contributed by atoms with Gasteiger partial charge in [-0.1, -0.05) is 0 Å². The topological polar surface area (TPSA) is 91.3 Å². The number of nitrogens with one attached hydrogen (secondary N) is 3. The van der Waals surface area contributed by atoms with Gasteiger partial charge in [0.05, 0.1) is 11.4 Å². The first-order chi connectivity index (χ1) is 10.1. The summed E-state index contributed by atoms with van der Waals surface area (Å²) in [7, 11) is 1.57. The minimum atomic E-state index is -0.236. The summed E-state index contributed by atoms with van der Waals surface area (Å²) in [5.41, 5.74) is 2.22. The standard InChI is InChI=1S/C14H19N5O2/c1-8-12(14(21)15-2)13-17-11(20)7-10(19(13)18-8)9-3-5-16-6-4-9/h7,9,16H,3-6H2,1-2H3,(H,15,21)(H,17,20). The van der Waals surface area contributed by atoms with Crippen LogP contribution < -0.4 is 16.2 Å². The van der Waals surface area contributed by atoms with Gasteiger partial charge in [0.1, 0.15) is 11.2 Å². The molecule has 1 aliphatic heterocycles. The second kappa shape index (κ2) is 5.33. The zero-order chi connectivity index (χ0) is 15.0. The maximum atomic E-state index is 12.0. The molecule has 0 aromatic carbocycles. The Labute approximate surface area is 121 Å². The number of amides is 1. The number of aryl methyl sites for hydroxylation is 1. The van der Waals surface area contributed by atoms with E-state index in [0.717, 1.165) is 31.6 Å². The van der Waals surface area contributed by atoms with Crippen molar-refractivity contribution >= 4 is 11.6 Å². The van der Waals surface area contributed by atoms with Crippen molar-refractivity contribution in [3.05, 3.63) is 33.4 Å². The molecule has 3 N–H and O–H groups in total. The molecule has 0 aliphatic carbocycles. The van der Waals surface area contributed by atoms with Crippen LogP contribution in [0.2, 0.25) is 0 Å². The quantitative estimate of drug-likeness (QED) is 0.734. The van der Waals surface area contributed by atoms with Crippen LogP contribution in [0.1, 0.15) is 40.5 Å². The number of nitrogens with zero attached hydrogens (tertiary/aromatic N) is 2. The third-order valence-corrected chi connectivity index (χ3v) is 4.04. The van der Waals surface area contributed by atoms with Gasteiger partial charge < -0.3 is 15.6 Å². The van der Waals surface area contributed by atoms with Gasteiger partial charge >= 0.3 is 0 Å². The fourth-order valence-electron chi connectivity index (χ4n) is 2.98. The van der Waals surface area contributed by atoms with E-state index in [-0.39, 0.29) is 17.4 Å². The van der Waals surface area contributed by atoms with Gasteiger partial charge in [-0.25, -0.2) is 4.52 Å². The highest BCUT2D eigenvalue weighted by Crippen LogP contribution is 2.25. The Morgan fingerprint density at radius 1 is 1.43 bits per heavy atom. The molecule has 1 saturated heterocycles. The van der Waals surface area contributed by atoms with Crippen LogP contribution in [-0.4, -0.2) is 40.6 Å². The second-order valence-corrected chi connectivity index (χ2v) is 5.38. The van der Waals surface area contributed by atoms with Crippen LogP contribution in [-0.2, 0) is 0 Å². The van der Waals surface area contributed by atoms with Gasteiger partial charge in [0, 0.05) is 19.0 Å². The molecule has 0 unspecified atom stereocenters. The van der Waals surface area contributed by atoms with Crippen LogP contribution in [0.5, 0.6) is 0 Å². The highest BCUT2D eigenvalue weighted by atomic mass is 16.1. The fraction of sp³-hybridized carbons (Fsp3) is 0.500. The fourth-order valence-corrected chi connectivity index (χ4v) is 2.98. The molecule has 0 bridgehead atoms. The first-order valence-corrected chi connectivity index (χ1v) is 7.17. The van der Waals surface area contributed by atoms with E-state index in [1.807, 2.05) is 0 Å². The molecule has 1 fully saturated rings. The van der Waals surface area contributed by atoms with Gasteiger partial charge in [-0.05, 0) is 32.9 Å². The maximum absolute atomic E-state index is 12.0. The lowest BCUT2D eigenvalue weighted by Gasteiger charge is -2.23. The van der Waals surface area contributed by atoms with Gasteiger partial charge in [-0.3, -0.25) is 9.59 Å². The summed E-state index contributed by atoms with van der Waals surface area (Å²) < 4.78 is 1.72. The monoisotopic (exact) mass is 289 g/mol. The van der Waals surface area contributed by atoms with E-state index in [1.54, 1.807) is 24.6 Å². The second-order valence-electron chi connectivity index (χ2n) is 5.38. The van der Waals surface area contributed by atoms with Gasteiger partial charge in [-0.15, -0.1) is 0 Å². The number of aromatic nitrogens is 3. The lowest BCUT2D eigenvalue weighted by molar-refractivity contribution is 0.0964. The number of H-pyrrole nitrogens is 1.